The Morgan fingerprint density at radius 3 is 2.81 bits per heavy atom. The number of benzene rings is 2. The molecule has 0 saturated heterocycles. The van der Waals surface area contributed by atoms with Crippen LogP contribution in [-0.2, 0) is 19.5 Å². The zero-order valence-electron chi connectivity index (χ0n) is 12.4. The smallest absolute Gasteiger partial charge is 0.122 e. The first-order valence-electron chi connectivity index (χ1n) is 7.52. The van der Waals surface area contributed by atoms with Crippen molar-refractivity contribution in [1.82, 2.24) is 5.32 Å². The number of ether oxygens (including phenoxy) is 2. The van der Waals surface area contributed by atoms with E-state index in [0.29, 0.717) is 6.61 Å². The highest BCUT2D eigenvalue weighted by Gasteiger charge is 2.11. The molecule has 1 aliphatic rings. The molecule has 3 rings (SSSR count). The fourth-order valence-corrected chi connectivity index (χ4v) is 2.61. The van der Waals surface area contributed by atoms with E-state index in [0.717, 1.165) is 37.6 Å². The van der Waals surface area contributed by atoms with E-state index >= 15 is 0 Å². The molecule has 0 spiro atoms. The molecule has 0 atom stereocenters. The molecule has 1 N–H and O–H groups in total. The van der Waals surface area contributed by atoms with Gasteiger partial charge in [-0.3, -0.25) is 0 Å². The minimum Gasteiger partial charge on any atom is -0.494 e. The van der Waals surface area contributed by atoms with E-state index in [-0.39, 0.29) is 0 Å². The maximum absolute atomic E-state index is 5.53. The minimum atomic E-state index is 0.702. The van der Waals surface area contributed by atoms with E-state index in [1.165, 1.54) is 16.7 Å². The average Bonchev–Trinajstić information content (AvgIpc) is 2.96. The third kappa shape index (κ3) is 3.56. The van der Waals surface area contributed by atoms with Gasteiger partial charge in [0.05, 0.1) is 13.2 Å². The van der Waals surface area contributed by atoms with Crippen LogP contribution in [0.3, 0.4) is 0 Å². The molecule has 0 aromatic heterocycles. The molecule has 1 aliphatic heterocycles. The summed E-state index contributed by atoms with van der Waals surface area (Å²) in [5.74, 6) is 1.98. The molecular formula is C18H21NO2. The molecule has 3 heteroatoms. The van der Waals surface area contributed by atoms with Gasteiger partial charge in [0, 0.05) is 19.5 Å². The molecule has 2 aromatic carbocycles. The Morgan fingerprint density at radius 1 is 1.10 bits per heavy atom. The van der Waals surface area contributed by atoms with Gasteiger partial charge in [0.1, 0.15) is 11.5 Å². The van der Waals surface area contributed by atoms with Gasteiger partial charge in [-0.15, -0.1) is 0 Å². The van der Waals surface area contributed by atoms with E-state index < -0.39 is 0 Å². The zero-order valence-corrected chi connectivity index (χ0v) is 12.4. The molecule has 0 amide bonds. The topological polar surface area (TPSA) is 30.5 Å². The molecule has 21 heavy (non-hydrogen) atoms. The summed E-state index contributed by atoms with van der Waals surface area (Å²) in [7, 11) is 0. The Balaban J connectivity index is 1.55. The second kappa shape index (κ2) is 6.64. The number of nitrogens with one attached hydrogen (secondary N) is 1. The van der Waals surface area contributed by atoms with E-state index in [4.69, 9.17) is 9.47 Å². The summed E-state index contributed by atoms with van der Waals surface area (Å²) in [6.45, 7) is 5.23. The SMILES string of the molecule is CCOc1cccc(CNCc2ccc3c(c2)CCO3)c1. The van der Waals surface area contributed by atoms with Crippen molar-refractivity contribution in [2.75, 3.05) is 13.2 Å². The fourth-order valence-electron chi connectivity index (χ4n) is 2.61. The monoisotopic (exact) mass is 283 g/mol. The van der Waals surface area contributed by atoms with Crippen molar-refractivity contribution in [3.05, 3.63) is 59.2 Å². The summed E-state index contributed by atoms with van der Waals surface area (Å²) in [4.78, 5) is 0. The lowest BCUT2D eigenvalue weighted by atomic mass is 10.1. The molecular weight excluding hydrogens is 262 g/mol. The highest BCUT2D eigenvalue weighted by molar-refractivity contribution is 5.39. The van der Waals surface area contributed by atoms with Crippen molar-refractivity contribution < 1.29 is 9.47 Å². The van der Waals surface area contributed by atoms with Crippen LogP contribution in [0, 0.1) is 0 Å². The molecule has 2 aromatic rings. The van der Waals surface area contributed by atoms with Crippen LogP contribution in [-0.4, -0.2) is 13.2 Å². The summed E-state index contributed by atoms with van der Waals surface area (Å²) < 4.78 is 11.0. The maximum Gasteiger partial charge on any atom is 0.122 e. The van der Waals surface area contributed by atoms with Gasteiger partial charge in [0.25, 0.3) is 0 Å². The Kier molecular flexibility index (Phi) is 4.41. The second-order valence-electron chi connectivity index (χ2n) is 5.22. The Morgan fingerprint density at radius 2 is 1.95 bits per heavy atom. The van der Waals surface area contributed by atoms with Gasteiger partial charge in [-0.25, -0.2) is 0 Å². The predicted molar refractivity (Wildman–Crippen MR) is 83.8 cm³/mol. The first kappa shape index (κ1) is 14.0. The molecule has 0 bridgehead atoms. The minimum absolute atomic E-state index is 0.702. The van der Waals surface area contributed by atoms with E-state index in [1.54, 1.807) is 0 Å². The fraction of sp³-hybridized carbons (Fsp3) is 0.333. The number of fused-ring (bicyclic) bond motifs is 1. The van der Waals surface area contributed by atoms with Crippen LogP contribution in [0.15, 0.2) is 42.5 Å². The third-order valence-electron chi connectivity index (χ3n) is 3.62. The molecule has 3 nitrogen and oxygen atoms in total. The number of hydrogen-bond donors (Lipinski definition) is 1. The molecule has 0 radical (unpaired) electrons. The highest BCUT2D eigenvalue weighted by Crippen LogP contribution is 2.25. The van der Waals surface area contributed by atoms with Gasteiger partial charge in [-0.2, -0.15) is 0 Å². The van der Waals surface area contributed by atoms with Crippen molar-refractivity contribution in [2.45, 2.75) is 26.4 Å². The van der Waals surface area contributed by atoms with Crippen LogP contribution in [0.1, 0.15) is 23.6 Å². The van der Waals surface area contributed by atoms with Gasteiger partial charge in [-0.1, -0.05) is 24.3 Å². The van der Waals surface area contributed by atoms with Crippen molar-refractivity contribution in [3.8, 4) is 11.5 Å². The molecule has 0 fully saturated rings. The van der Waals surface area contributed by atoms with Gasteiger partial charge in [-0.05, 0) is 41.8 Å². The van der Waals surface area contributed by atoms with Crippen molar-refractivity contribution in [3.63, 3.8) is 0 Å². The Hall–Kier alpha value is -2.00. The van der Waals surface area contributed by atoms with Crippen LogP contribution in [0.2, 0.25) is 0 Å². The van der Waals surface area contributed by atoms with Crippen LogP contribution in [0.5, 0.6) is 11.5 Å². The summed E-state index contributed by atoms with van der Waals surface area (Å²) >= 11 is 0. The van der Waals surface area contributed by atoms with Gasteiger partial charge >= 0.3 is 0 Å². The quantitative estimate of drug-likeness (QED) is 0.882. The summed E-state index contributed by atoms with van der Waals surface area (Å²) in [5, 5.41) is 3.48. The lowest BCUT2D eigenvalue weighted by Crippen LogP contribution is -2.12. The van der Waals surface area contributed by atoms with Crippen LogP contribution >= 0.6 is 0 Å². The van der Waals surface area contributed by atoms with E-state index in [1.807, 2.05) is 19.1 Å². The maximum atomic E-state index is 5.53. The average molecular weight is 283 g/mol. The van der Waals surface area contributed by atoms with Gasteiger partial charge in [0.15, 0.2) is 0 Å². The third-order valence-corrected chi connectivity index (χ3v) is 3.62. The van der Waals surface area contributed by atoms with Gasteiger partial charge in [0.2, 0.25) is 0 Å². The van der Waals surface area contributed by atoms with E-state index in [2.05, 4.69) is 35.6 Å². The first-order chi connectivity index (χ1) is 10.3. The molecule has 1 heterocycles. The zero-order chi connectivity index (χ0) is 14.5. The predicted octanol–water partition coefficient (Wildman–Crippen LogP) is 3.31. The van der Waals surface area contributed by atoms with Crippen LogP contribution < -0.4 is 14.8 Å². The summed E-state index contributed by atoms with van der Waals surface area (Å²) in [5.41, 5.74) is 3.87. The number of rotatable bonds is 6. The van der Waals surface area contributed by atoms with Crippen molar-refractivity contribution in [2.24, 2.45) is 0 Å². The summed E-state index contributed by atoms with van der Waals surface area (Å²) in [6, 6.07) is 14.7. The molecule has 0 aliphatic carbocycles. The number of hydrogen-bond acceptors (Lipinski definition) is 3. The standard InChI is InChI=1S/C18H21NO2/c1-2-20-17-5-3-4-14(11-17)12-19-13-15-6-7-18-16(10-15)8-9-21-18/h3-7,10-11,19H,2,8-9,12-13H2,1H3. The van der Waals surface area contributed by atoms with Crippen LogP contribution in [0.25, 0.3) is 0 Å². The molecule has 0 unspecified atom stereocenters. The first-order valence-corrected chi connectivity index (χ1v) is 7.52. The largest absolute Gasteiger partial charge is 0.494 e. The van der Waals surface area contributed by atoms with Gasteiger partial charge < -0.3 is 14.8 Å². The Bertz CT molecular complexity index is 610. The summed E-state index contributed by atoms with van der Waals surface area (Å²) in [6.07, 6.45) is 1.03. The second-order valence-corrected chi connectivity index (χ2v) is 5.22. The molecule has 110 valence electrons. The highest BCUT2D eigenvalue weighted by atomic mass is 16.5. The normalized spacial score (nSPS) is 12.8. The van der Waals surface area contributed by atoms with E-state index in [9.17, 15) is 0 Å². The molecule has 0 saturated carbocycles. The lowest BCUT2D eigenvalue weighted by molar-refractivity contribution is 0.340. The Labute approximate surface area is 125 Å². The van der Waals surface area contributed by atoms with Crippen LogP contribution in [0.4, 0.5) is 0 Å². The van der Waals surface area contributed by atoms with Crippen molar-refractivity contribution in [1.29, 1.82) is 0 Å². The van der Waals surface area contributed by atoms with Crippen molar-refractivity contribution >= 4 is 0 Å². The lowest BCUT2D eigenvalue weighted by Gasteiger charge is -2.08.